The lowest BCUT2D eigenvalue weighted by atomic mass is 10.2. The SMILES string of the molecule is Cc1ccc2c(c1)SCC(CN)N2. The van der Waals surface area contributed by atoms with Gasteiger partial charge in [0.2, 0.25) is 0 Å². The van der Waals surface area contributed by atoms with Gasteiger partial charge in [-0.15, -0.1) is 11.8 Å². The molecule has 1 aromatic carbocycles. The highest BCUT2D eigenvalue weighted by Crippen LogP contribution is 2.33. The molecule has 1 aliphatic heterocycles. The number of nitrogens with one attached hydrogen (secondary N) is 1. The number of aryl methyl sites for hydroxylation is 1. The van der Waals surface area contributed by atoms with Crippen LogP contribution < -0.4 is 11.1 Å². The Kier molecular flexibility index (Phi) is 2.47. The monoisotopic (exact) mass is 194 g/mol. The van der Waals surface area contributed by atoms with Gasteiger partial charge in [-0.05, 0) is 24.6 Å². The number of benzene rings is 1. The Hall–Kier alpha value is -0.670. The van der Waals surface area contributed by atoms with Gasteiger partial charge in [-0.3, -0.25) is 0 Å². The molecule has 3 heteroatoms. The van der Waals surface area contributed by atoms with Crippen LogP contribution in [0.4, 0.5) is 5.69 Å². The molecule has 1 aliphatic rings. The van der Waals surface area contributed by atoms with Crippen LogP contribution in [0.2, 0.25) is 0 Å². The zero-order valence-electron chi connectivity index (χ0n) is 7.71. The number of fused-ring (bicyclic) bond motifs is 1. The second-order valence-electron chi connectivity index (χ2n) is 3.39. The van der Waals surface area contributed by atoms with Gasteiger partial charge in [0.15, 0.2) is 0 Å². The van der Waals surface area contributed by atoms with Crippen LogP contribution >= 0.6 is 11.8 Å². The quantitative estimate of drug-likeness (QED) is 0.716. The highest BCUT2D eigenvalue weighted by Gasteiger charge is 2.16. The van der Waals surface area contributed by atoms with Gasteiger partial charge in [-0.2, -0.15) is 0 Å². The van der Waals surface area contributed by atoms with Crippen LogP contribution in [0.25, 0.3) is 0 Å². The molecule has 2 rings (SSSR count). The molecule has 0 spiro atoms. The van der Waals surface area contributed by atoms with Gasteiger partial charge in [-0.1, -0.05) is 6.07 Å². The maximum Gasteiger partial charge on any atom is 0.0481 e. The third-order valence-corrected chi connectivity index (χ3v) is 3.44. The highest BCUT2D eigenvalue weighted by molar-refractivity contribution is 7.99. The van der Waals surface area contributed by atoms with Crippen molar-refractivity contribution in [3.05, 3.63) is 23.8 Å². The van der Waals surface area contributed by atoms with E-state index in [1.54, 1.807) is 0 Å². The summed E-state index contributed by atoms with van der Waals surface area (Å²) in [6.07, 6.45) is 0. The van der Waals surface area contributed by atoms with E-state index in [2.05, 4.69) is 30.4 Å². The summed E-state index contributed by atoms with van der Waals surface area (Å²) >= 11 is 1.89. The molecule has 0 radical (unpaired) electrons. The summed E-state index contributed by atoms with van der Waals surface area (Å²) in [5.74, 6) is 1.08. The Balaban J connectivity index is 2.26. The normalized spacial score (nSPS) is 20.6. The zero-order chi connectivity index (χ0) is 9.26. The number of hydrogen-bond donors (Lipinski definition) is 2. The molecule has 1 atom stereocenters. The lowest BCUT2D eigenvalue weighted by Crippen LogP contribution is -2.33. The summed E-state index contributed by atoms with van der Waals surface area (Å²) in [7, 11) is 0. The first kappa shape index (κ1) is 8.91. The van der Waals surface area contributed by atoms with E-state index in [0.717, 1.165) is 5.75 Å². The van der Waals surface area contributed by atoms with Gasteiger partial charge >= 0.3 is 0 Å². The minimum atomic E-state index is 0.431. The number of hydrogen-bond acceptors (Lipinski definition) is 3. The first-order valence-electron chi connectivity index (χ1n) is 4.49. The molecule has 1 unspecified atom stereocenters. The summed E-state index contributed by atoms with van der Waals surface area (Å²) < 4.78 is 0. The third kappa shape index (κ3) is 1.81. The Morgan fingerprint density at radius 2 is 2.46 bits per heavy atom. The lowest BCUT2D eigenvalue weighted by molar-refractivity contribution is 0.803. The summed E-state index contributed by atoms with van der Waals surface area (Å²) in [6, 6.07) is 6.92. The number of thioether (sulfide) groups is 1. The fraction of sp³-hybridized carbons (Fsp3) is 0.400. The van der Waals surface area contributed by atoms with Crippen molar-refractivity contribution < 1.29 is 0 Å². The van der Waals surface area contributed by atoms with Crippen LogP contribution in [0.3, 0.4) is 0 Å². The van der Waals surface area contributed by atoms with Crippen LogP contribution in [0.5, 0.6) is 0 Å². The molecule has 1 aromatic rings. The maximum absolute atomic E-state index is 5.61. The average Bonchev–Trinajstić information content (AvgIpc) is 2.17. The van der Waals surface area contributed by atoms with E-state index in [-0.39, 0.29) is 0 Å². The predicted octanol–water partition coefficient (Wildman–Crippen LogP) is 1.84. The van der Waals surface area contributed by atoms with Crippen molar-refractivity contribution in [3.8, 4) is 0 Å². The van der Waals surface area contributed by atoms with Crippen LogP contribution in [0.15, 0.2) is 23.1 Å². The van der Waals surface area contributed by atoms with E-state index in [1.165, 1.54) is 16.1 Å². The number of nitrogens with two attached hydrogens (primary N) is 1. The van der Waals surface area contributed by atoms with Crippen LogP contribution in [0.1, 0.15) is 5.56 Å². The minimum Gasteiger partial charge on any atom is -0.379 e. The molecule has 0 amide bonds. The largest absolute Gasteiger partial charge is 0.379 e. The van der Waals surface area contributed by atoms with E-state index < -0.39 is 0 Å². The molecule has 2 nitrogen and oxygen atoms in total. The lowest BCUT2D eigenvalue weighted by Gasteiger charge is -2.25. The van der Waals surface area contributed by atoms with Gasteiger partial charge in [0.05, 0.1) is 0 Å². The molecule has 1 heterocycles. The van der Waals surface area contributed by atoms with Crippen molar-refractivity contribution in [1.82, 2.24) is 0 Å². The van der Waals surface area contributed by atoms with Crippen molar-refractivity contribution in [1.29, 1.82) is 0 Å². The van der Waals surface area contributed by atoms with Crippen LogP contribution in [0, 0.1) is 6.92 Å². The van der Waals surface area contributed by atoms with E-state index in [9.17, 15) is 0 Å². The molecule has 3 N–H and O–H groups in total. The zero-order valence-corrected chi connectivity index (χ0v) is 8.53. The minimum absolute atomic E-state index is 0.431. The van der Waals surface area contributed by atoms with Crippen LogP contribution in [-0.2, 0) is 0 Å². The fourth-order valence-corrected chi connectivity index (χ4v) is 2.60. The molecular weight excluding hydrogens is 180 g/mol. The van der Waals surface area contributed by atoms with Crippen molar-refractivity contribution in [2.24, 2.45) is 5.73 Å². The average molecular weight is 194 g/mol. The number of anilines is 1. The molecule has 0 fully saturated rings. The van der Waals surface area contributed by atoms with Gasteiger partial charge in [0.1, 0.15) is 0 Å². The van der Waals surface area contributed by atoms with Crippen molar-refractivity contribution in [3.63, 3.8) is 0 Å². The predicted molar refractivity (Wildman–Crippen MR) is 58.4 cm³/mol. The van der Waals surface area contributed by atoms with E-state index in [4.69, 9.17) is 5.73 Å². The molecular formula is C10H14N2S. The Bertz CT molecular complexity index is 312. The molecule has 13 heavy (non-hydrogen) atoms. The van der Waals surface area contributed by atoms with Crippen molar-refractivity contribution >= 4 is 17.4 Å². The smallest absolute Gasteiger partial charge is 0.0481 e. The number of rotatable bonds is 1. The topological polar surface area (TPSA) is 38.0 Å². The molecule has 0 bridgehead atoms. The Morgan fingerprint density at radius 3 is 3.23 bits per heavy atom. The Morgan fingerprint density at radius 1 is 1.62 bits per heavy atom. The fourth-order valence-electron chi connectivity index (χ4n) is 1.45. The van der Waals surface area contributed by atoms with Crippen LogP contribution in [-0.4, -0.2) is 18.3 Å². The van der Waals surface area contributed by atoms with Gasteiger partial charge in [0, 0.05) is 28.9 Å². The van der Waals surface area contributed by atoms with Gasteiger partial charge in [-0.25, -0.2) is 0 Å². The van der Waals surface area contributed by atoms with E-state index >= 15 is 0 Å². The van der Waals surface area contributed by atoms with E-state index in [1.807, 2.05) is 11.8 Å². The molecule has 0 aliphatic carbocycles. The second kappa shape index (κ2) is 3.60. The second-order valence-corrected chi connectivity index (χ2v) is 4.45. The molecule has 70 valence electrons. The summed E-state index contributed by atoms with van der Waals surface area (Å²) in [4.78, 5) is 1.35. The van der Waals surface area contributed by atoms with Gasteiger partial charge in [0.25, 0.3) is 0 Å². The van der Waals surface area contributed by atoms with Crippen molar-refractivity contribution in [2.45, 2.75) is 17.9 Å². The van der Waals surface area contributed by atoms with Crippen molar-refractivity contribution in [2.75, 3.05) is 17.6 Å². The summed E-state index contributed by atoms with van der Waals surface area (Å²) in [6.45, 7) is 2.83. The summed E-state index contributed by atoms with van der Waals surface area (Å²) in [5.41, 5.74) is 8.17. The van der Waals surface area contributed by atoms with E-state index in [0.29, 0.717) is 12.6 Å². The summed E-state index contributed by atoms with van der Waals surface area (Å²) in [5, 5.41) is 3.43. The first-order valence-corrected chi connectivity index (χ1v) is 5.48. The molecule has 0 saturated heterocycles. The van der Waals surface area contributed by atoms with Gasteiger partial charge < -0.3 is 11.1 Å². The standard InChI is InChI=1S/C10H14N2S/c1-7-2-3-9-10(4-7)13-6-8(5-11)12-9/h2-4,8,12H,5-6,11H2,1H3. The third-order valence-electron chi connectivity index (χ3n) is 2.22. The molecule has 0 saturated carbocycles. The Labute approximate surface area is 82.9 Å². The highest BCUT2D eigenvalue weighted by atomic mass is 32.2. The molecule has 0 aromatic heterocycles. The maximum atomic E-state index is 5.61. The first-order chi connectivity index (χ1) is 6.29.